The molecule has 0 rings (SSSR count). The van der Waals surface area contributed by atoms with Crippen molar-refractivity contribution in [1.82, 2.24) is 0 Å². The molecular formula is C8H15LiO3. The zero-order chi connectivity index (χ0) is 8.91. The van der Waals surface area contributed by atoms with Gasteiger partial charge in [0.05, 0.1) is 5.97 Å². The van der Waals surface area contributed by atoms with Crippen LogP contribution in [0, 0.1) is 0 Å². The SMILES string of the molecule is CCCCC(O)(CC)C(=O)[O-].[Li+]. The second-order valence-corrected chi connectivity index (χ2v) is 2.78. The van der Waals surface area contributed by atoms with Crippen molar-refractivity contribution in [2.45, 2.75) is 45.1 Å². The summed E-state index contributed by atoms with van der Waals surface area (Å²) < 4.78 is 0. The number of aliphatic hydroxyl groups is 1. The first-order chi connectivity index (χ1) is 5.06. The van der Waals surface area contributed by atoms with Gasteiger partial charge in [-0.15, -0.1) is 0 Å². The second kappa shape index (κ2) is 6.53. The standard InChI is InChI=1S/C8H16O3.Li/c1-3-5-6-8(11,4-2)7(9)10;/h11H,3-6H2,1-2H3,(H,9,10);/q;+1/p-1. The predicted octanol–water partition coefficient (Wildman–Crippen LogP) is -2.93. The Morgan fingerprint density at radius 2 is 2.00 bits per heavy atom. The average Bonchev–Trinajstić information content (AvgIpc) is 2.00. The van der Waals surface area contributed by atoms with Crippen LogP contribution in [-0.4, -0.2) is 16.7 Å². The summed E-state index contributed by atoms with van der Waals surface area (Å²) in [6.07, 6.45) is 2.12. The van der Waals surface area contributed by atoms with Crippen LogP contribution in [0.5, 0.6) is 0 Å². The van der Waals surface area contributed by atoms with Gasteiger partial charge in [0.15, 0.2) is 0 Å². The average molecular weight is 166 g/mol. The topological polar surface area (TPSA) is 60.4 Å². The minimum absolute atomic E-state index is 0. The number of rotatable bonds is 5. The zero-order valence-electron chi connectivity index (χ0n) is 8.09. The first-order valence-electron chi connectivity index (χ1n) is 4.00. The van der Waals surface area contributed by atoms with E-state index in [-0.39, 0.29) is 25.3 Å². The van der Waals surface area contributed by atoms with Gasteiger partial charge >= 0.3 is 18.9 Å². The van der Waals surface area contributed by atoms with Crippen molar-refractivity contribution >= 4 is 5.97 Å². The molecule has 0 aliphatic rings. The molecule has 1 unspecified atom stereocenters. The van der Waals surface area contributed by atoms with Gasteiger partial charge in [-0.2, -0.15) is 0 Å². The normalized spacial score (nSPS) is 14.6. The van der Waals surface area contributed by atoms with Crippen LogP contribution in [0.2, 0.25) is 0 Å². The second-order valence-electron chi connectivity index (χ2n) is 2.78. The molecule has 0 saturated heterocycles. The zero-order valence-corrected chi connectivity index (χ0v) is 8.09. The van der Waals surface area contributed by atoms with Crippen molar-refractivity contribution in [1.29, 1.82) is 0 Å². The number of carboxylic acids is 1. The molecule has 0 heterocycles. The number of carbonyl (C=O) groups excluding carboxylic acids is 1. The van der Waals surface area contributed by atoms with Crippen LogP contribution in [0.3, 0.4) is 0 Å². The number of hydrogen-bond acceptors (Lipinski definition) is 3. The van der Waals surface area contributed by atoms with Crippen LogP contribution in [0.25, 0.3) is 0 Å². The smallest absolute Gasteiger partial charge is 0.547 e. The minimum Gasteiger partial charge on any atom is -0.547 e. The van der Waals surface area contributed by atoms with E-state index in [0.29, 0.717) is 6.42 Å². The summed E-state index contributed by atoms with van der Waals surface area (Å²) in [5.41, 5.74) is -1.60. The number of unbranched alkanes of at least 4 members (excludes halogenated alkanes) is 1. The Balaban J connectivity index is 0. The van der Waals surface area contributed by atoms with Gasteiger partial charge in [0.25, 0.3) is 0 Å². The van der Waals surface area contributed by atoms with Crippen LogP contribution in [0.4, 0.5) is 0 Å². The van der Waals surface area contributed by atoms with E-state index >= 15 is 0 Å². The molecule has 0 aliphatic carbocycles. The van der Waals surface area contributed by atoms with E-state index in [1.165, 1.54) is 0 Å². The molecule has 0 aromatic heterocycles. The Morgan fingerprint density at radius 3 is 2.25 bits per heavy atom. The fourth-order valence-corrected chi connectivity index (χ4v) is 0.892. The van der Waals surface area contributed by atoms with E-state index in [4.69, 9.17) is 0 Å². The first kappa shape index (κ1) is 14.5. The van der Waals surface area contributed by atoms with E-state index in [2.05, 4.69) is 0 Å². The van der Waals surface area contributed by atoms with Gasteiger partial charge in [-0.25, -0.2) is 0 Å². The van der Waals surface area contributed by atoms with E-state index in [0.717, 1.165) is 12.8 Å². The Morgan fingerprint density at radius 1 is 1.50 bits per heavy atom. The number of carbonyl (C=O) groups is 1. The van der Waals surface area contributed by atoms with Gasteiger partial charge < -0.3 is 15.0 Å². The third-order valence-electron chi connectivity index (χ3n) is 1.91. The van der Waals surface area contributed by atoms with Crippen molar-refractivity contribution in [3.05, 3.63) is 0 Å². The predicted molar refractivity (Wildman–Crippen MR) is 39.8 cm³/mol. The molecule has 0 aromatic carbocycles. The number of aliphatic carboxylic acids is 1. The maximum Gasteiger partial charge on any atom is 1.00 e. The minimum atomic E-state index is -1.60. The summed E-state index contributed by atoms with van der Waals surface area (Å²) in [7, 11) is 0. The maximum atomic E-state index is 10.4. The molecule has 3 nitrogen and oxygen atoms in total. The largest absolute Gasteiger partial charge is 1.00 e. The van der Waals surface area contributed by atoms with Crippen LogP contribution < -0.4 is 24.0 Å². The van der Waals surface area contributed by atoms with E-state index in [9.17, 15) is 15.0 Å². The number of carboxylic acid groups (broad SMARTS) is 1. The van der Waals surface area contributed by atoms with Crippen LogP contribution in [0.15, 0.2) is 0 Å². The van der Waals surface area contributed by atoms with Crippen LogP contribution in [0.1, 0.15) is 39.5 Å². The Hall–Kier alpha value is 0.0274. The molecule has 0 aromatic rings. The monoisotopic (exact) mass is 166 g/mol. The molecule has 0 aliphatic heterocycles. The maximum absolute atomic E-state index is 10.4. The molecule has 0 radical (unpaired) electrons. The summed E-state index contributed by atoms with van der Waals surface area (Å²) in [6, 6.07) is 0. The third kappa shape index (κ3) is 4.15. The molecule has 0 saturated carbocycles. The summed E-state index contributed by atoms with van der Waals surface area (Å²) in [4.78, 5) is 10.4. The van der Waals surface area contributed by atoms with Crippen molar-refractivity contribution in [2.75, 3.05) is 0 Å². The molecule has 0 spiro atoms. The van der Waals surface area contributed by atoms with E-state index in [1.54, 1.807) is 6.92 Å². The van der Waals surface area contributed by atoms with Gasteiger partial charge in [0.2, 0.25) is 0 Å². The summed E-state index contributed by atoms with van der Waals surface area (Å²) in [5.74, 6) is -1.35. The molecule has 0 fully saturated rings. The summed E-state index contributed by atoms with van der Waals surface area (Å²) in [6.45, 7) is 3.59. The summed E-state index contributed by atoms with van der Waals surface area (Å²) >= 11 is 0. The van der Waals surface area contributed by atoms with Gasteiger partial charge in [0, 0.05) is 0 Å². The molecular weight excluding hydrogens is 151 g/mol. The Kier molecular flexibility index (Phi) is 7.92. The third-order valence-corrected chi connectivity index (χ3v) is 1.91. The van der Waals surface area contributed by atoms with E-state index in [1.807, 2.05) is 6.92 Å². The van der Waals surface area contributed by atoms with Gasteiger partial charge in [-0.3, -0.25) is 0 Å². The van der Waals surface area contributed by atoms with Crippen LogP contribution >= 0.6 is 0 Å². The fourth-order valence-electron chi connectivity index (χ4n) is 0.892. The van der Waals surface area contributed by atoms with Crippen molar-refractivity contribution < 1.29 is 33.9 Å². The molecule has 12 heavy (non-hydrogen) atoms. The van der Waals surface area contributed by atoms with Crippen LogP contribution in [-0.2, 0) is 4.79 Å². The molecule has 0 amide bonds. The van der Waals surface area contributed by atoms with Gasteiger partial charge in [-0.05, 0) is 12.8 Å². The molecule has 0 bridgehead atoms. The fraction of sp³-hybridized carbons (Fsp3) is 0.875. The van der Waals surface area contributed by atoms with Gasteiger partial charge in [0.1, 0.15) is 5.60 Å². The van der Waals surface area contributed by atoms with Crippen molar-refractivity contribution in [3.8, 4) is 0 Å². The molecule has 1 N–H and O–H groups in total. The molecule has 1 atom stereocenters. The first-order valence-corrected chi connectivity index (χ1v) is 4.00. The Labute approximate surface area is 85.3 Å². The molecule has 4 heteroatoms. The Bertz CT molecular complexity index is 138. The quantitative estimate of drug-likeness (QED) is 0.445. The number of hydrogen-bond donors (Lipinski definition) is 1. The summed E-state index contributed by atoms with van der Waals surface area (Å²) in [5, 5.41) is 19.8. The van der Waals surface area contributed by atoms with Crippen molar-refractivity contribution in [3.63, 3.8) is 0 Å². The van der Waals surface area contributed by atoms with Crippen molar-refractivity contribution in [2.24, 2.45) is 0 Å². The molecule has 66 valence electrons. The van der Waals surface area contributed by atoms with Gasteiger partial charge in [-0.1, -0.05) is 26.7 Å². The van der Waals surface area contributed by atoms with E-state index < -0.39 is 11.6 Å².